The SMILES string of the molecule is c1ccc(-c2nc(-c3ccc(-c4ccc(-c5ccc6oc(-c7ccccc7)nc6c5)cc4)cc3)nc(-n3c4ccccc4c4ccccc43)n2)cc1. The van der Waals surface area contributed by atoms with Crippen molar-refractivity contribution in [2.24, 2.45) is 0 Å². The summed E-state index contributed by atoms with van der Waals surface area (Å²) in [6.07, 6.45) is 0. The number of aromatic nitrogens is 5. The highest BCUT2D eigenvalue weighted by Crippen LogP contribution is 2.34. The van der Waals surface area contributed by atoms with Crippen molar-refractivity contribution in [2.45, 2.75) is 0 Å². The maximum atomic E-state index is 6.03. The van der Waals surface area contributed by atoms with E-state index in [2.05, 4.69) is 114 Å². The van der Waals surface area contributed by atoms with Crippen molar-refractivity contribution in [3.8, 4) is 62.4 Å². The standard InChI is InChI=1S/C46H29N5O/c1-3-11-33(12-4-1)43-48-44(50-46(49-43)51-40-17-9-7-15-37(40)38-16-8-10-18-41(38)51)34-25-23-31(24-26-34)30-19-21-32(22-20-30)36-27-28-42-39(29-36)47-45(52-42)35-13-5-2-6-14-35/h1-29H. The third-order valence-electron chi connectivity index (χ3n) is 9.54. The van der Waals surface area contributed by atoms with Crippen LogP contribution in [0.15, 0.2) is 180 Å². The van der Waals surface area contributed by atoms with E-state index in [1.165, 1.54) is 0 Å². The minimum atomic E-state index is 0.584. The smallest absolute Gasteiger partial charge is 0.238 e. The summed E-state index contributed by atoms with van der Waals surface area (Å²) in [5, 5.41) is 2.32. The second-order valence-corrected chi connectivity index (χ2v) is 12.7. The van der Waals surface area contributed by atoms with Gasteiger partial charge < -0.3 is 4.42 Å². The minimum absolute atomic E-state index is 0.584. The van der Waals surface area contributed by atoms with Crippen molar-refractivity contribution in [2.75, 3.05) is 0 Å². The Morgan fingerprint density at radius 2 is 0.827 bits per heavy atom. The maximum absolute atomic E-state index is 6.03. The molecule has 0 saturated carbocycles. The van der Waals surface area contributed by atoms with Gasteiger partial charge >= 0.3 is 0 Å². The summed E-state index contributed by atoms with van der Waals surface area (Å²) in [7, 11) is 0. The number of rotatable bonds is 6. The first-order valence-corrected chi connectivity index (χ1v) is 17.2. The molecular weight excluding hydrogens is 639 g/mol. The molecule has 0 bridgehead atoms. The fourth-order valence-electron chi connectivity index (χ4n) is 6.93. The molecule has 0 saturated heterocycles. The van der Waals surface area contributed by atoms with Crippen molar-refractivity contribution < 1.29 is 4.42 Å². The van der Waals surface area contributed by atoms with Gasteiger partial charge in [0.25, 0.3) is 0 Å². The largest absolute Gasteiger partial charge is 0.436 e. The highest BCUT2D eigenvalue weighted by Gasteiger charge is 2.17. The van der Waals surface area contributed by atoms with Gasteiger partial charge in [-0.1, -0.05) is 140 Å². The first-order chi connectivity index (χ1) is 25.7. The second-order valence-electron chi connectivity index (χ2n) is 12.7. The Hall–Kier alpha value is -7.18. The van der Waals surface area contributed by atoms with Gasteiger partial charge in [-0.15, -0.1) is 0 Å². The molecule has 0 amide bonds. The molecule has 0 aliphatic rings. The van der Waals surface area contributed by atoms with Crippen molar-refractivity contribution in [1.82, 2.24) is 24.5 Å². The molecular formula is C46H29N5O. The molecule has 0 aliphatic carbocycles. The van der Waals surface area contributed by atoms with Crippen LogP contribution in [0.25, 0.3) is 95.3 Å². The molecule has 0 spiro atoms. The Bertz CT molecular complexity index is 2820. The van der Waals surface area contributed by atoms with Crippen molar-refractivity contribution >= 4 is 32.9 Å². The number of nitrogens with zero attached hydrogens (tertiary/aromatic N) is 5. The third-order valence-corrected chi connectivity index (χ3v) is 9.54. The van der Waals surface area contributed by atoms with Crippen LogP contribution in [0, 0.1) is 0 Å². The van der Waals surface area contributed by atoms with Crippen molar-refractivity contribution in [1.29, 1.82) is 0 Å². The topological polar surface area (TPSA) is 69.6 Å². The van der Waals surface area contributed by atoms with Crippen LogP contribution < -0.4 is 0 Å². The highest BCUT2D eigenvalue weighted by atomic mass is 16.3. The third kappa shape index (κ3) is 5.22. The number of para-hydroxylation sites is 2. The summed E-state index contributed by atoms with van der Waals surface area (Å²) in [4.78, 5) is 19.9. The molecule has 0 atom stereocenters. The molecule has 0 unspecified atom stereocenters. The number of hydrogen-bond donors (Lipinski definition) is 0. The molecule has 6 heteroatoms. The lowest BCUT2D eigenvalue weighted by molar-refractivity contribution is 0.620. The van der Waals surface area contributed by atoms with E-state index in [4.69, 9.17) is 24.4 Å². The van der Waals surface area contributed by atoms with Gasteiger partial charge in [-0.05, 0) is 58.7 Å². The molecule has 0 radical (unpaired) electrons. The van der Waals surface area contributed by atoms with E-state index in [0.29, 0.717) is 23.5 Å². The first kappa shape index (κ1) is 29.7. The predicted molar refractivity (Wildman–Crippen MR) is 209 cm³/mol. The van der Waals surface area contributed by atoms with Crippen molar-refractivity contribution in [3.05, 3.63) is 176 Å². The average molecular weight is 668 g/mol. The monoisotopic (exact) mass is 667 g/mol. The fraction of sp³-hybridized carbons (Fsp3) is 0. The van der Waals surface area contributed by atoms with E-state index in [1.54, 1.807) is 0 Å². The van der Waals surface area contributed by atoms with E-state index in [0.717, 1.165) is 71.8 Å². The summed E-state index contributed by atoms with van der Waals surface area (Å²) in [5.41, 5.74) is 11.0. The van der Waals surface area contributed by atoms with Crippen LogP contribution in [0.5, 0.6) is 0 Å². The van der Waals surface area contributed by atoms with Gasteiger partial charge in [0.1, 0.15) is 5.52 Å². The van der Waals surface area contributed by atoms with Gasteiger partial charge in [0.15, 0.2) is 17.2 Å². The first-order valence-electron chi connectivity index (χ1n) is 17.2. The molecule has 0 N–H and O–H groups in total. The molecule has 10 aromatic rings. The molecule has 3 aromatic heterocycles. The fourth-order valence-corrected chi connectivity index (χ4v) is 6.93. The lowest BCUT2D eigenvalue weighted by Crippen LogP contribution is -2.06. The minimum Gasteiger partial charge on any atom is -0.436 e. The van der Waals surface area contributed by atoms with Crippen LogP contribution in [0.4, 0.5) is 0 Å². The molecule has 244 valence electrons. The molecule has 10 rings (SSSR count). The predicted octanol–water partition coefficient (Wildman–Crippen LogP) is 11.4. The van der Waals surface area contributed by atoms with Gasteiger partial charge in [0.2, 0.25) is 11.8 Å². The van der Waals surface area contributed by atoms with E-state index in [9.17, 15) is 0 Å². The van der Waals surface area contributed by atoms with Crippen LogP contribution >= 0.6 is 0 Å². The molecule has 0 aliphatic heterocycles. The second kappa shape index (κ2) is 12.3. The van der Waals surface area contributed by atoms with Gasteiger partial charge in [0, 0.05) is 27.5 Å². The zero-order chi connectivity index (χ0) is 34.4. The molecule has 0 fully saturated rings. The molecule has 52 heavy (non-hydrogen) atoms. The Morgan fingerprint density at radius 3 is 1.42 bits per heavy atom. The van der Waals surface area contributed by atoms with Gasteiger partial charge in [-0.3, -0.25) is 4.57 Å². The van der Waals surface area contributed by atoms with E-state index >= 15 is 0 Å². The van der Waals surface area contributed by atoms with Gasteiger partial charge in [0.05, 0.1) is 11.0 Å². The Labute approximate surface area is 299 Å². The summed E-state index contributed by atoms with van der Waals surface area (Å²) < 4.78 is 8.17. The van der Waals surface area contributed by atoms with E-state index in [1.807, 2.05) is 66.7 Å². The summed E-state index contributed by atoms with van der Waals surface area (Å²) >= 11 is 0. The van der Waals surface area contributed by atoms with Crippen LogP contribution in [0.1, 0.15) is 0 Å². The van der Waals surface area contributed by atoms with Crippen LogP contribution in [-0.4, -0.2) is 24.5 Å². The quantitative estimate of drug-likeness (QED) is 0.176. The number of oxazole rings is 1. The van der Waals surface area contributed by atoms with Crippen LogP contribution in [0.2, 0.25) is 0 Å². The van der Waals surface area contributed by atoms with Gasteiger partial charge in [-0.2, -0.15) is 9.97 Å². The lowest BCUT2D eigenvalue weighted by atomic mass is 9.99. The Kier molecular flexibility index (Phi) is 7.03. The molecule has 7 aromatic carbocycles. The Balaban J connectivity index is 0.989. The van der Waals surface area contributed by atoms with Crippen LogP contribution in [0.3, 0.4) is 0 Å². The Morgan fingerprint density at radius 1 is 0.365 bits per heavy atom. The maximum Gasteiger partial charge on any atom is 0.238 e. The summed E-state index contributed by atoms with van der Waals surface area (Å²) in [5.74, 6) is 2.46. The number of benzene rings is 7. The van der Waals surface area contributed by atoms with E-state index < -0.39 is 0 Å². The normalized spacial score (nSPS) is 11.5. The van der Waals surface area contributed by atoms with E-state index in [-0.39, 0.29) is 0 Å². The number of fused-ring (bicyclic) bond motifs is 4. The van der Waals surface area contributed by atoms with Crippen molar-refractivity contribution in [3.63, 3.8) is 0 Å². The molecule has 3 heterocycles. The van der Waals surface area contributed by atoms with Crippen LogP contribution in [-0.2, 0) is 0 Å². The highest BCUT2D eigenvalue weighted by molar-refractivity contribution is 6.09. The lowest BCUT2D eigenvalue weighted by Gasteiger charge is -2.11. The zero-order valence-corrected chi connectivity index (χ0v) is 27.9. The summed E-state index contributed by atoms with van der Waals surface area (Å²) in [6.45, 7) is 0. The molecule has 6 nitrogen and oxygen atoms in total. The van der Waals surface area contributed by atoms with Gasteiger partial charge in [-0.25, -0.2) is 9.97 Å². The average Bonchev–Trinajstić information content (AvgIpc) is 3.81. The zero-order valence-electron chi connectivity index (χ0n) is 27.9. The summed E-state index contributed by atoms with van der Waals surface area (Å²) in [6, 6.07) is 60.1. The number of hydrogen-bond acceptors (Lipinski definition) is 5.